The fourth-order valence-electron chi connectivity index (χ4n) is 3.18. The van der Waals surface area contributed by atoms with Crippen LogP contribution in [0.2, 0.25) is 0 Å². The summed E-state index contributed by atoms with van der Waals surface area (Å²) in [6, 6.07) is 8.84. The van der Waals surface area contributed by atoms with E-state index in [1.54, 1.807) is 24.4 Å². The minimum Gasteiger partial charge on any atom is -0.493 e. The van der Waals surface area contributed by atoms with Gasteiger partial charge in [-0.1, -0.05) is 6.07 Å². The predicted octanol–water partition coefficient (Wildman–Crippen LogP) is 2.17. The maximum absolute atomic E-state index is 12.9. The van der Waals surface area contributed by atoms with Gasteiger partial charge in [-0.3, -0.25) is 0 Å². The van der Waals surface area contributed by atoms with Crippen molar-refractivity contribution < 1.29 is 17.9 Å². The van der Waals surface area contributed by atoms with Crippen LogP contribution in [-0.2, 0) is 16.4 Å². The molecule has 7 heteroatoms. The summed E-state index contributed by atoms with van der Waals surface area (Å²) < 4.78 is 38.5. The van der Waals surface area contributed by atoms with Crippen LogP contribution in [0.1, 0.15) is 17.5 Å². The Kier molecular flexibility index (Phi) is 4.13. The van der Waals surface area contributed by atoms with Crippen molar-refractivity contribution in [1.29, 1.82) is 0 Å². The van der Waals surface area contributed by atoms with Gasteiger partial charge in [0.25, 0.3) is 0 Å². The molecule has 0 radical (unpaired) electrons. The van der Waals surface area contributed by atoms with E-state index in [0.717, 1.165) is 23.3 Å². The van der Waals surface area contributed by atoms with Crippen LogP contribution in [0.15, 0.2) is 41.4 Å². The van der Waals surface area contributed by atoms with Crippen LogP contribution < -0.4 is 9.47 Å². The number of benzene rings is 1. The molecule has 25 heavy (non-hydrogen) atoms. The van der Waals surface area contributed by atoms with Gasteiger partial charge in [0.05, 0.1) is 18.0 Å². The molecule has 3 heterocycles. The van der Waals surface area contributed by atoms with Crippen molar-refractivity contribution in [2.75, 3.05) is 19.7 Å². The summed E-state index contributed by atoms with van der Waals surface area (Å²) in [5.41, 5.74) is 2.01. The Balaban J connectivity index is 1.47. The van der Waals surface area contributed by atoms with Gasteiger partial charge >= 0.3 is 0 Å². The molecule has 0 spiro atoms. The Morgan fingerprint density at radius 2 is 2.16 bits per heavy atom. The van der Waals surface area contributed by atoms with Crippen LogP contribution in [0.25, 0.3) is 0 Å². The Morgan fingerprint density at radius 1 is 1.28 bits per heavy atom. The zero-order valence-electron chi connectivity index (χ0n) is 14.0. The summed E-state index contributed by atoms with van der Waals surface area (Å²) in [6.45, 7) is 3.36. The van der Waals surface area contributed by atoms with Crippen molar-refractivity contribution in [3.8, 4) is 11.6 Å². The molecular weight excluding hydrogens is 340 g/mol. The highest BCUT2D eigenvalue weighted by Gasteiger charge is 2.34. The summed E-state index contributed by atoms with van der Waals surface area (Å²) in [7, 11) is -3.51. The maximum Gasteiger partial charge on any atom is 0.243 e. The van der Waals surface area contributed by atoms with E-state index < -0.39 is 10.0 Å². The standard InChI is InChI=1S/C18H20N2O4S/c1-13-2-5-18(19-11-13)24-15-6-8-20(12-15)25(21,22)16-3-4-17-14(10-16)7-9-23-17/h2-5,10-11,15H,6-9,12H2,1H3. The van der Waals surface area contributed by atoms with Gasteiger partial charge in [-0.05, 0) is 42.7 Å². The largest absolute Gasteiger partial charge is 0.493 e. The van der Waals surface area contributed by atoms with Crippen LogP contribution in [0.5, 0.6) is 11.6 Å². The molecule has 132 valence electrons. The van der Waals surface area contributed by atoms with E-state index in [2.05, 4.69) is 4.98 Å². The molecule has 1 atom stereocenters. The average Bonchev–Trinajstić information content (AvgIpc) is 3.25. The van der Waals surface area contributed by atoms with Crippen molar-refractivity contribution in [3.63, 3.8) is 0 Å². The third kappa shape index (κ3) is 3.21. The predicted molar refractivity (Wildman–Crippen MR) is 92.4 cm³/mol. The Morgan fingerprint density at radius 3 is 2.96 bits per heavy atom. The monoisotopic (exact) mass is 360 g/mol. The quantitative estimate of drug-likeness (QED) is 0.836. The van der Waals surface area contributed by atoms with Crippen molar-refractivity contribution in [3.05, 3.63) is 47.7 Å². The highest BCUT2D eigenvalue weighted by Crippen LogP contribution is 2.30. The molecule has 0 aliphatic carbocycles. The first-order valence-electron chi connectivity index (χ1n) is 8.37. The molecule has 0 N–H and O–H groups in total. The number of pyridine rings is 1. The van der Waals surface area contributed by atoms with Crippen molar-refractivity contribution in [2.45, 2.75) is 30.8 Å². The Bertz CT molecular complexity index is 880. The number of rotatable bonds is 4. The van der Waals surface area contributed by atoms with Crippen LogP contribution in [0.3, 0.4) is 0 Å². The first kappa shape index (κ1) is 16.4. The lowest BCUT2D eigenvalue weighted by Gasteiger charge is -2.17. The Hall–Kier alpha value is -2.12. The second kappa shape index (κ2) is 6.31. The lowest BCUT2D eigenvalue weighted by molar-refractivity contribution is 0.207. The number of fused-ring (bicyclic) bond motifs is 1. The molecule has 1 aromatic carbocycles. The van der Waals surface area contributed by atoms with E-state index in [1.807, 2.05) is 19.1 Å². The second-order valence-corrected chi connectivity index (χ2v) is 8.37. The smallest absolute Gasteiger partial charge is 0.243 e. The van der Waals surface area contributed by atoms with E-state index in [0.29, 0.717) is 36.9 Å². The SMILES string of the molecule is Cc1ccc(OC2CCN(S(=O)(=O)c3ccc4c(c3)CCO4)C2)nc1. The third-order valence-corrected chi connectivity index (χ3v) is 6.44. The summed E-state index contributed by atoms with van der Waals surface area (Å²) in [6.07, 6.45) is 2.97. The van der Waals surface area contributed by atoms with Crippen LogP contribution >= 0.6 is 0 Å². The molecule has 2 aliphatic rings. The summed E-state index contributed by atoms with van der Waals surface area (Å²) >= 11 is 0. The summed E-state index contributed by atoms with van der Waals surface area (Å²) in [5, 5.41) is 0. The van der Waals surface area contributed by atoms with E-state index in [1.165, 1.54) is 4.31 Å². The Labute approximate surface area is 147 Å². The number of sulfonamides is 1. The van der Waals surface area contributed by atoms with Crippen molar-refractivity contribution in [1.82, 2.24) is 9.29 Å². The molecule has 4 rings (SSSR count). The zero-order chi connectivity index (χ0) is 17.4. The van der Waals surface area contributed by atoms with Gasteiger partial charge in [-0.2, -0.15) is 4.31 Å². The fraction of sp³-hybridized carbons (Fsp3) is 0.389. The molecule has 1 fully saturated rings. The molecule has 6 nitrogen and oxygen atoms in total. The zero-order valence-corrected chi connectivity index (χ0v) is 14.8. The van der Waals surface area contributed by atoms with Gasteiger partial charge in [0.2, 0.25) is 15.9 Å². The van der Waals surface area contributed by atoms with Crippen LogP contribution in [-0.4, -0.2) is 43.5 Å². The van der Waals surface area contributed by atoms with Crippen LogP contribution in [0.4, 0.5) is 0 Å². The number of hydrogen-bond acceptors (Lipinski definition) is 5. The molecule has 0 saturated carbocycles. The third-order valence-electron chi connectivity index (χ3n) is 4.58. The van der Waals surface area contributed by atoms with Gasteiger partial charge in [0, 0.05) is 25.2 Å². The highest BCUT2D eigenvalue weighted by molar-refractivity contribution is 7.89. The fourth-order valence-corrected chi connectivity index (χ4v) is 4.72. The minimum atomic E-state index is -3.51. The maximum atomic E-state index is 12.9. The topological polar surface area (TPSA) is 68.7 Å². The number of ether oxygens (including phenoxy) is 2. The van der Waals surface area contributed by atoms with Crippen molar-refractivity contribution >= 4 is 10.0 Å². The van der Waals surface area contributed by atoms with Crippen molar-refractivity contribution in [2.24, 2.45) is 0 Å². The second-order valence-electron chi connectivity index (χ2n) is 6.43. The number of hydrogen-bond donors (Lipinski definition) is 0. The lowest BCUT2D eigenvalue weighted by Crippen LogP contribution is -2.31. The molecule has 1 aromatic heterocycles. The molecule has 2 aromatic rings. The van der Waals surface area contributed by atoms with Gasteiger partial charge in [0.1, 0.15) is 11.9 Å². The van der Waals surface area contributed by atoms with E-state index in [-0.39, 0.29) is 6.10 Å². The van der Waals surface area contributed by atoms with E-state index in [4.69, 9.17) is 9.47 Å². The average molecular weight is 360 g/mol. The molecular formula is C18H20N2O4S. The summed E-state index contributed by atoms with van der Waals surface area (Å²) in [5.74, 6) is 1.32. The molecule has 0 bridgehead atoms. The van der Waals surface area contributed by atoms with Gasteiger partial charge in [-0.25, -0.2) is 13.4 Å². The summed E-state index contributed by atoms with van der Waals surface area (Å²) in [4.78, 5) is 4.55. The van der Waals surface area contributed by atoms with Gasteiger partial charge in [-0.15, -0.1) is 0 Å². The number of nitrogens with zero attached hydrogens (tertiary/aromatic N) is 2. The molecule has 2 aliphatic heterocycles. The first-order valence-corrected chi connectivity index (χ1v) is 9.81. The molecule has 1 saturated heterocycles. The van der Waals surface area contributed by atoms with E-state index in [9.17, 15) is 8.42 Å². The van der Waals surface area contributed by atoms with Crippen LogP contribution in [0, 0.1) is 6.92 Å². The molecule has 0 amide bonds. The minimum absolute atomic E-state index is 0.178. The lowest BCUT2D eigenvalue weighted by atomic mass is 10.2. The number of aromatic nitrogens is 1. The van der Waals surface area contributed by atoms with Gasteiger partial charge in [0.15, 0.2) is 0 Å². The first-order chi connectivity index (χ1) is 12.0. The normalized spacial score (nSPS) is 20.3. The van der Waals surface area contributed by atoms with E-state index >= 15 is 0 Å². The number of aryl methyl sites for hydroxylation is 1. The highest BCUT2D eigenvalue weighted by atomic mass is 32.2. The van der Waals surface area contributed by atoms with Gasteiger partial charge < -0.3 is 9.47 Å². The molecule has 1 unspecified atom stereocenters.